The normalized spacial score (nSPS) is 21.4. The summed E-state index contributed by atoms with van der Waals surface area (Å²) in [5.41, 5.74) is 7.33. The summed E-state index contributed by atoms with van der Waals surface area (Å²) in [5, 5.41) is 5.00. The van der Waals surface area contributed by atoms with Gasteiger partial charge in [-0.3, -0.25) is 0 Å². The highest BCUT2D eigenvalue weighted by Crippen LogP contribution is 2.74. The first kappa shape index (κ1) is 31.6. The van der Waals surface area contributed by atoms with Crippen LogP contribution >= 0.6 is 14.1 Å². The Kier molecular flexibility index (Phi) is 7.58. The SMILES string of the molecule is CCCCc1ccc2c(=O)n3c4c5c(cccc5cc[n+]4c2c1)C1(CC)C(=CC[P+](C)(C)C(c2ccccc2)=P(C)(C)C)C31CC. The molecule has 0 saturated heterocycles. The summed E-state index contributed by atoms with van der Waals surface area (Å²) in [6, 6.07) is 26.8. The lowest BCUT2D eigenvalue weighted by Crippen LogP contribution is -2.45. The molecule has 5 heteroatoms. The number of nitrogens with zero attached hydrogens (tertiary/aromatic N) is 2. The van der Waals surface area contributed by atoms with E-state index in [9.17, 15) is 4.79 Å². The number of fused-ring (bicyclic) bond motifs is 5. The topological polar surface area (TPSA) is 26.1 Å². The molecule has 0 amide bonds. The van der Waals surface area contributed by atoms with Gasteiger partial charge in [0.25, 0.3) is 5.65 Å². The molecule has 0 radical (unpaired) electrons. The van der Waals surface area contributed by atoms with E-state index in [1.807, 2.05) is 0 Å². The molecule has 46 heavy (non-hydrogen) atoms. The molecule has 5 aromatic rings. The highest BCUT2D eigenvalue weighted by Gasteiger charge is 2.78. The Morgan fingerprint density at radius 1 is 0.935 bits per heavy atom. The van der Waals surface area contributed by atoms with E-state index in [0.717, 1.165) is 54.8 Å². The fourth-order valence-corrected chi connectivity index (χ4v) is 18.9. The minimum Gasteiger partial charge on any atom is -0.241 e. The molecule has 238 valence electrons. The van der Waals surface area contributed by atoms with Gasteiger partial charge in [0.1, 0.15) is 10.9 Å². The zero-order valence-electron chi connectivity index (χ0n) is 29.0. The van der Waals surface area contributed by atoms with Gasteiger partial charge in [0.15, 0.2) is 5.54 Å². The van der Waals surface area contributed by atoms with Gasteiger partial charge in [-0.25, -0.2) is 4.79 Å². The quantitative estimate of drug-likeness (QED) is 0.0677. The molecule has 1 saturated carbocycles. The molecule has 0 spiro atoms. The third-order valence-corrected chi connectivity index (χ3v) is 18.6. The summed E-state index contributed by atoms with van der Waals surface area (Å²) in [6.45, 7) is 18.1. The largest absolute Gasteiger partial charge is 0.346 e. The molecule has 0 N–H and O–H groups in total. The summed E-state index contributed by atoms with van der Waals surface area (Å²) >= 11 is 0. The van der Waals surface area contributed by atoms with Crippen LogP contribution in [0.4, 0.5) is 0 Å². The first-order valence-electron chi connectivity index (χ1n) is 17.2. The van der Waals surface area contributed by atoms with Gasteiger partial charge >= 0.3 is 5.56 Å². The van der Waals surface area contributed by atoms with Gasteiger partial charge in [0.05, 0.1) is 41.5 Å². The molecule has 2 unspecified atom stereocenters. The maximum absolute atomic E-state index is 14.9. The summed E-state index contributed by atoms with van der Waals surface area (Å²) < 4.78 is 4.60. The maximum Gasteiger partial charge on any atom is 0.346 e. The molecule has 3 nitrogen and oxygen atoms in total. The Labute approximate surface area is 275 Å². The summed E-state index contributed by atoms with van der Waals surface area (Å²) in [6.07, 6.45) is 11.1. The molecule has 2 aromatic heterocycles. The van der Waals surface area contributed by atoms with Crippen LogP contribution in [0.15, 0.2) is 95.4 Å². The van der Waals surface area contributed by atoms with E-state index in [1.165, 1.54) is 33.0 Å². The van der Waals surface area contributed by atoms with Crippen molar-refractivity contribution >= 4 is 46.5 Å². The van der Waals surface area contributed by atoms with E-state index < -0.39 is 14.1 Å². The lowest BCUT2D eigenvalue weighted by Gasteiger charge is -2.28. The Hall–Kier alpha value is -2.99. The molecule has 2 atom stereocenters. The van der Waals surface area contributed by atoms with Crippen LogP contribution in [0.3, 0.4) is 0 Å². The van der Waals surface area contributed by atoms with Crippen molar-refractivity contribution in [3.05, 3.63) is 118 Å². The molecule has 0 bridgehead atoms. The van der Waals surface area contributed by atoms with Gasteiger partial charge < -0.3 is 0 Å². The minimum atomic E-state index is -1.50. The summed E-state index contributed by atoms with van der Waals surface area (Å²) in [4.78, 5) is 14.9. The van der Waals surface area contributed by atoms with Crippen LogP contribution in [0.25, 0.3) is 27.3 Å². The monoisotopic (exact) mass is 648 g/mol. The molecular weight excluding hydrogens is 598 g/mol. The summed E-state index contributed by atoms with van der Waals surface area (Å²) in [7, 11) is -1.50. The Balaban J connectivity index is 1.50. The molecule has 2 aliphatic rings. The van der Waals surface area contributed by atoms with Gasteiger partial charge in [0, 0.05) is 12.8 Å². The number of hydrogen-bond donors (Lipinski definition) is 0. The van der Waals surface area contributed by atoms with Crippen LogP contribution in [-0.2, 0) is 17.4 Å². The van der Waals surface area contributed by atoms with Crippen LogP contribution in [0.2, 0.25) is 0 Å². The smallest absolute Gasteiger partial charge is 0.241 e. The fourth-order valence-electron chi connectivity index (χ4n) is 9.55. The fraction of sp³-hybridized carbons (Fsp3) is 0.390. The van der Waals surface area contributed by atoms with Gasteiger partial charge in [-0.1, -0.05) is 88.7 Å². The second-order valence-electron chi connectivity index (χ2n) is 15.0. The Bertz CT molecular complexity index is 2180. The third-order valence-electron chi connectivity index (χ3n) is 11.2. The molecule has 1 fully saturated rings. The van der Waals surface area contributed by atoms with E-state index in [0.29, 0.717) is 0 Å². The number of pyridine rings is 1. The number of aromatic nitrogens is 2. The van der Waals surface area contributed by atoms with Crippen LogP contribution < -0.4 is 9.96 Å². The number of benzene rings is 3. The second-order valence-corrected chi connectivity index (χ2v) is 24.0. The maximum atomic E-state index is 14.9. The van der Waals surface area contributed by atoms with Crippen LogP contribution in [-0.4, -0.2) is 49.1 Å². The van der Waals surface area contributed by atoms with E-state index in [4.69, 9.17) is 0 Å². The number of unbranched alkanes of at least 4 members (excludes halogenated alkanes) is 1. The first-order valence-corrected chi connectivity index (χ1v) is 23.2. The third kappa shape index (κ3) is 4.27. The molecule has 7 rings (SSSR count). The molecule has 1 aliphatic heterocycles. The van der Waals surface area contributed by atoms with Crippen LogP contribution in [0.5, 0.6) is 0 Å². The summed E-state index contributed by atoms with van der Waals surface area (Å²) in [5.74, 6) is 0. The zero-order chi connectivity index (χ0) is 32.6. The Morgan fingerprint density at radius 3 is 2.37 bits per heavy atom. The van der Waals surface area contributed by atoms with E-state index >= 15 is 0 Å². The highest BCUT2D eigenvalue weighted by molar-refractivity contribution is 8.04. The molecular formula is C41H50N2OP2+2. The van der Waals surface area contributed by atoms with E-state index in [-0.39, 0.29) is 16.5 Å². The predicted octanol–water partition coefficient (Wildman–Crippen LogP) is 9.31. The predicted molar refractivity (Wildman–Crippen MR) is 205 cm³/mol. The minimum absolute atomic E-state index is 0.160. The number of rotatable bonds is 9. The van der Waals surface area contributed by atoms with Crippen molar-refractivity contribution in [2.75, 3.05) is 39.5 Å². The lowest BCUT2D eigenvalue weighted by molar-refractivity contribution is -0.485. The van der Waals surface area contributed by atoms with Crippen molar-refractivity contribution in [2.24, 2.45) is 0 Å². The number of aryl methyl sites for hydroxylation is 1. The van der Waals surface area contributed by atoms with Crippen molar-refractivity contribution in [3.8, 4) is 0 Å². The van der Waals surface area contributed by atoms with Gasteiger partial charge in [0.2, 0.25) is 0 Å². The highest BCUT2D eigenvalue weighted by atomic mass is 31.2. The number of allylic oxidation sites excluding steroid dienone is 2. The standard InChI is InChI=1S/C41H50N2OP2/c1-9-12-17-29-22-23-32-34(28-29)42-26-24-30-20-16-21-33-36(30)37(42)43(38(32)44)41(11-3)35(40(33,41)10-2)25-27-46(7,8)39(45(4,5)6)31-18-14-13-15-19-31/h13-16,18-26,28H,9-12,17,27H2,1-8H3/q+2. The molecule has 3 heterocycles. The zero-order valence-corrected chi connectivity index (χ0v) is 30.8. The van der Waals surface area contributed by atoms with Crippen molar-refractivity contribution in [3.63, 3.8) is 0 Å². The number of hydrogen-bond acceptors (Lipinski definition) is 1. The van der Waals surface area contributed by atoms with Crippen molar-refractivity contribution in [2.45, 2.75) is 63.8 Å². The average molecular weight is 649 g/mol. The molecule has 3 aromatic carbocycles. The van der Waals surface area contributed by atoms with E-state index in [2.05, 4.69) is 148 Å². The van der Waals surface area contributed by atoms with Crippen molar-refractivity contribution in [1.82, 2.24) is 4.57 Å². The van der Waals surface area contributed by atoms with Crippen LogP contribution in [0, 0.1) is 0 Å². The second kappa shape index (κ2) is 11.0. The lowest BCUT2D eigenvalue weighted by atomic mass is 9.81. The van der Waals surface area contributed by atoms with Gasteiger partial charge in [-0.05, 0) is 92.0 Å². The average Bonchev–Trinajstić information content (AvgIpc) is 3.65. The molecule has 1 aliphatic carbocycles. The van der Waals surface area contributed by atoms with Gasteiger partial charge in [-0.15, -0.1) is 0 Å². The van der Waals surface area contributed by atoms with Crippen molar-refractivity contribution < 1.29 is 4.40 Å². The van der Waals surface area contributed by atoms with Crippen molar-refractivity contribution in [1.29, 1.82) is 0 Å². The van der Waals surface area contributed by atoms with Gasteiger partial charge in [-0.2, -0.15) is 8.97 Å². The Morgan fingerprint density at radius 2 is 1.70 bits per heavy atom. The van der Waals surface area contributed by atoms with Crippen LogP contribution in [0.1, 0.15) is 63.1 Å². The first-order chi connectivity index (χ1) is 22.0. The van der Waals surface area contributed by atoms with E-state index in [1.54, 1.807) is 5.03 Å².